The number of amides is 2. The van der Waals surface area contributed by atoms with E-state index in [-0.39, 0.29) is 29.0 Å². The molecular formula is C21H20ClFN2O3. The molecule has 2 unspecified atom stereocenters. The fourth-order valence-electron chi connectivity index (χ4n) is 4.09. The number of carbonyl (C=O) groups is 2. The number of carbonyl (C=O) groups excluding carboxylic acids is 2. The number of anilines is 1. The quantitative estimate of drug-likeness (QED) is 0.830. The standard InChI is InChI=1S/C21H20ClFN2O3/c1-13(11-14-5-3-2-4-6-14)19(26)25-10-9-21(12-25)17-16(24-20(27)28-21)8-7-15(22)18(17)23/h2-8,13H,9-12H2,1H3,(H,24,27). The smallest absolute Gasteiger partial charge is 0.412 e. The summed E-state index contributed by atoms with van der Waals surface area (Å²) >= 11 is 5.96. The number of ether oxygens (including phenoxy) is 1. The summed E-state index contributed by atoms with van der Waals surface area (Å²) in [6, 6.07) is 12.7. The van der Waals surface area contributed by atoms with Gasteiger partial charge in [-0.15, -0.1) is 0 Å². The number of benzene rings is 2. The SMILES string of the molecule is CC(Cc1ccccc1)C(=O)N1CCC2(C1)OC(=O)Nc1ccc(Cl)c(F)c12. The predicted octanol–water partition coefficient (Wildman–Crippen LogP) is 4.35. The third-order valence-corrected chi connectivity index (χ3v) is 5.72. The topological polar surface area (TPSA) is 58.6 Å². The van der Waals surface area contributed by atoms with Gasteiger partial charge in [-0.05, 0) is 24.1 Å². The average molecular weight is 403 g/mol. The molecule has 5 nitrogen and oxygen atoms in total. The summed E-state index contributed by atoms with van der Waals surface area (Å²) in [6.45, 7) is 2.37. The molecule has 0 aliphatic carbocycles. The second-order valence-corrected chi connectivity index (χ2v) is 7.80. The lowest BCUT2D eigenvalue weighted by Gasteiger charge is -2.36. The molecule has 146 valence electrons. The first-order chi connectivity index (χ1) is 13.4. The fraction of sp³-hybridized carbons (Fsp3) is 0.333. The zero-order valence-electron chi connectivity index (χ0n) is 15.4. The summed E-state index contributed by atoms with van der Waals surface area (Å²) in [5, 5.41) is 2.47. The van der Waals surface area contributed by atoms with Gasteiger partial charge in [-0.25, -0.2) is 9.18 Å². The maximum atomic E-state index is 14.8. The van der Waals surface area contributed by atoms with Gasteiger partial charge in [0, 0.05) is 18.9 Å². The Balaban J connectivity index is 1.58. The maximum absolute atomic E-state index is 14.8. The molecule has 2 heterocycles. The fourth-order valence-corrected chi connectivity index (χ4v) is 4.25. The van der Waals surface area contributed by atoms with Crippen LogP contribution in [0.25, 0.3) is 0 Å². The number of nitrogens with one attached hydrogen (secondary N) is 1. The van der Waals surface area contributed by atoms with E-state index in [1.165, 1.54) is 6.07 Å². The van der Waals surface area contributed by atoms with Crippen molar-refractivity contribution in [3.8, 4) is 0 Å². The van der Waals surface area contributed by atoms with Crippen LogP contribution in [-0.4, -0.2) is 30.0 Å². The Hall–Kier alpha value is -2.60. The van der Waals surface area contributed by atoms with E-state index in [0.29, 0.717) is 25.1 Å². The van der Waals surface area contributed by atoms with E-state index in [9.17, 15) is 14.0 Å². The molecule has 0 radical (unpaired) electrons. The van der Waals surface area contributed by atoms with Gasteiger partial charge in [0.05, 0.1) is 22.8 Å². The van der Waals surface area contributed by atoms with Crippen LogP contribution < -0.4 is 5.32 Å². The molecule has 2 amide bonds. The zero-order valence-corrected chi connectivity index (χ0v) is 16.1. The molecule has 28 heavy (non-hydrogen) atoms. The van der Waals surface area contributed by atoms with E-state index in [1.807, 2.05) is 37.3 Å². The van der Waals surface area contributed by atoms with Gasteiger partial charge in [-0.2, -0.15) is 0 Å². The summed E-state index contributed by atoms with van der Waals surface area (Å²) in [5.74, 6) is -0.899. The Morgan fingerprint density at radius 3 is 2.82 bits per heavy atom. The molecule has 0 saturated carbocycles. The number of halogens is 2. The van der Waals surface area contributed by atoms with Gasteiger partial charge in [0.25, 0.3) is 0 Å². The molecular weight excluding hydrogens is 383 g/mol. The van der Waals surface area contributed by atoms with Crippen molar-refractivity contribution in [2.75, 3.05) is 18.4 Å². The van der Waals surface area contributed by atoms with Crippen LogP contribution in [-0.2, 0) is 21.6 Å². The third-order valence-electron chi connectivity index (χ3n) is 5.43. The van der Waals surface area contributed by atoms with Gasteiger partial charge in [0.1, 0.15) is 0 Å². The van der Waals surface area contributed by atoms with Gasteiger partial charge >= 0.3 is 6.09 Å². The Morgan fingerprint density at radius 2 is 2.07 bits per heavy atom. The van der Waals surface area contributed by atoms with Crippen LogP contribution in [0.15, 0.2) is 42.5 Å². The van der Waals surface area contributed by atoms with Crippen LogP contribution in [0.5, 0.6) is 0 Å². The van der Waals surface area contributed by atoms with Gasteiger partial charge < -0.3 is 9.64 Å². The lowest BCUT2D eigenvalue weighted by atomic mass is 9.89. The van der Waals surface area contributed by atoms with E-state index in [4.69, 9.17) is 16.3 Å². The van der Waals surface area contributed by atoms with Crippen molar-refractivity contribution in [3.63, 3.8) is 0 Å². The van der Waals surface area contributed by atoms with Crippen LogP contribution in [0, 0.1) is 11.7 Å². The van der Waals surface area contributed by atoms with Crippen molar-refractivity contribution in [1.29, 1.82) is 0 Å². The molecule has 7 heteroatoms. The lowest BCUT2D eigenvalue weighted by Crippen LogP contribution is -2.44. The highest BCUT2D eigenvalue weighted by atomic mass is 35.5. The predicted molar refractivity (Wildman–Crippen MR) is 104 cm³/mol. The number of hydrogen-bond donors (Lipinski definition) is 1. The molecule has 2 aromatic rings. The molecule has 2 aromatic carbocycles. The molecule has 1 N–H and O–H groups in total. The van der Waals surface area contributed by atoms with E-state index in [1.54, 1.807) is 11.0 Å². The Labute approximate surface area is 167 Å². The molecule has 0 bridgehead atoms. The van der Waals surface area contributed by atoms with Crippen LogP contribution >= 0.6 is 11.6 Å². The molecule has 1 fully saturated rings. The maximum Gasteiger partial charge on any atom is 0.412 e. The number of rotatable bonds is 3. The molecule has 2 aliphatic rings. The highest BCUT2D eigenvalue weighted by Gasteiger charge is 2.50. The van der Waals surface area contributed by atoms with Gasteiger partial charge in [-0.3, -0.25) is 10.1 Å². The highest BCUT2D eigenvalue weighted by molar-refractivity contribution is 6.31. The first kappa shape index (κ1) is 18.7. The normalized spacial score (nSPS) is 21.8. The first-order valence-corrected chi connectivity index (χ1v) is 9.58. The van der Waals surface area contributed by atoms with Gasteiger partial charge in [0.2, 0.25) is 5.91 Å². The van der Waals surface area contributed by atoms with E-state index in [2.05, 4.69) is 5.32 Å². The van der Waals surface area contributed by atoms with Crippen LogP contribution in [0.4, 0.5) is 14.9 Å². The Bertz CT molecular complexity index is 937. The Kier molecular flexibility index (Phi) is 4.75. The summed E-state index contributed by atoms with van der Waals surface area (Å²) in [4.78, 5) is 26.7. The molecule has 4 rings (SSSR count). The lowest BCUT2D eigenvalue weighted by molar-refractivity contribution is -0.135. The number of hydrogen-bond acceptors (Lipinski definition) is 3. The largest absolute Gasteiger partial charge is 0.436 e. The summed E-state index contributed by atoms with van der Waals surface area (Å²) < 4.78 is 20.3. The van der Waals surface area contributed by atoms with Crippen molar-refractivity contribution < 1.29 is 18.7 Å². The van der Waals surface area contributed by atoms with Gasteiger partial charge in [0.15, 0.2) is 11.4 Å². The first-order valence-electron chi connectivity index (χ1n) is 9.21. The van der Waals surface area contributed by atoms with Crippen LogP contribution in [0.1, 0.15) is 24.5 Å². The number of nitrogens with zero attached hydrogens (tertiary/aromatic N) is 1. The Morgan fingerprint density at radius 1 is 1.32 bits per heavy atom. The average Bonchev–Trinajstić information content (AvgIpc) is 3.08. The third kappa shape index (κ3) is 3.22. The summed E-state index contributed by atoms with van der Waals surface area (Å²) in [6.07, 6.45) is 0.288. The van der Waals surface area contributed by atoms with Crippen LogP contribution in [0.2, 0.25) is 5.02 Å². The molecule has 2 aliphatic heterocycles. The van der Waals surface area contributed by atoms with Crippen molar-refractivity contribution >= 4 is 29.3 Å². The second kappa shape index (κ2) is 7.09. The minimum atomic E-state index is -1.21. The van der Waals surface area contributed by atoms with Crippen LogP contribution in [0.3, 0.4) is 0 Å². The number of likely N-dealkylation sites (tertiary alicyclic amines) is 1. The van der Waals surface area contributed by atoms with E-state index in [0.717, 1.165) is 5.56 Å². The minimum absolute atomic E-state index is 0.0416. The molecule has 1 spiro atoms. The van der Waals surface area contributed by atoms with E-state index >= 15 is 0 Å². The van der Waals surface area contributed by atoms with Crippen molar-refractivity contribution in [1.82, 2.24) is 4.90 Å². The van der Waals surface area contributed by atoms with E-state index < -0.39 is 17.5 Å². The monoisotopic (exact) mass is 402 g/mol. The summed E-state index contributed by atoms with van der Waals surface area (Å²) in [7, 11) is 0. The molecule has 2 atom stereocenters. The number of fused-ring (bicyclic) bond motifs is 2. The zero-order chi connectivity index (χ0) is 19.9. The van der Waals surface area contributed by atoms with Gasteiger partial charge in [-0.1, -0.05) is 48.9 Å². The second-order valence-electron chi connectivity index (χ2n) is 7.39. The summed E-state index contributed by atoms with van der Waals surface area (Å²) in [5.41, 5.74) is 0.415. The molecule has 1 saturated heterocycles. The highest BCUT2D eigenvalue weighted by Crippen LogP contribution is 2.45. The minimum Gasteiger partial charge on any atom is -0.436 e. The van der Waals surface area contributed by atoms with Crippen molar-refractivity contribution in [2.45, 2.75) is 25.4 Å². The van der Waals surface area contributed by atoms with Crippen molar-refractivity contribution in [2.24, 2.45) is 5.92 Å². The molecule has 0 aromatic heterocycles. The van der Waals surface area contributed by atoms with Crippen molar-refractivity contribution in [3.05, 3.63) is 64.4 Å².